The van der Waals surface area contributed by atoms with Gasteiger partial charge in [0, 0.05) is 12.1 Å². The molecule has 0 bridgehead atoms. The number of nitrogens with two attached hydrogens (primary N) is 1. The topological polar surface area (TPSA) is 127 Å². The smallest absolute Gasteiger partial charge is 0.404 e. The van der Waals surface area contributed by atoms with Crippen molar-refractivity contribution < 1.29 is 19.4 Å². The van der Waals surface area contributed by atoms with E-state index in [1.807, 2.05) is 0 Å². The molecule has 1 fully saturated rings. The molecule has 0 aliphatic heterocycles. The minimum Gasteiger partial charge on any atom is -0.480 e. The number of carbonyl (C=O) groups is 2. The molecule has 126 valence electrons. The third kappa shape index (κ3) is 4.47. The summed E-state index contributed by atoms with van der Waals surface area (Å²) in [4.78, 5) is 26.3. The van der Waals surface area contributed by atoms with E-state index in [-0.39, 0.29) is 23.5 Å². The zero-order valence-electron chi connectivity index (χ0n) is 12.6. The van der Waals surface area contributed by atoms with Crippen molar-refractivity contribution in [2.24, 2.45) is 5.73 Å². The molecule has 1 aliphatic carbocycles. The maximum absolute atomic E-state index is 11.4. The summed E-state index contributed by atoms with van der Waals surface area (Å²) in [6, 6.07) is 1.75. The number of aromatic nitrogens is 1. The van der Waals surface area contributed by atoms with Gasteiger partial charge in [0.25, 0.3) is 5.91 Å². The number of carbonyl (C=O) groups excluding carboxylic acids is 1. The van der Waals surface area contributed by atoms with E-state index in [4.69, 9.17) is 15.6 Å². The Kier molecular flexibility index (Phi) is 5.64. The molecule has 0 unspecified atom stereocenters. The quantitative estimate of drug-likeness (QED) is 0.612. The normalized spacial score (nSPS) is 20.6. The van der Waals surface area contributed by atoms with E-state index in [2.05, 4.69) is 31.5 Å². The van der Waals surface area contributed by atoms with Gasteiger partial charge in [-0.05, 0) is 47.7 Å². The van der Waals surface area contributed by atoms with Gasteiger partial charge in [-0.2, -0.15) is 4.98 Å². The highest BCUT2D eigenvalue weighted by Crippen LogP contribution is 2.30. The summed E-state index contributed by atoms with van der Waals surface area (Å²) < 4.78 is 5.73. The molecule has 1 saturated carbocycles. The van der Waals surface area contributed by atoms with Crippen molar-refractivity contribution in [2.75, 3.05) is 12.4 Å². The highest BCUT2D eigenvalue weighted by atomic mass is 79.9. The number of primary amides is 1. The van der Waals surface area contributed by atoms with Crippen LogP contribution in [-0.2, 0) is 0 Å². The van der Waals surface area contributed by atoms with E-state index in [9.17, 15) is 9.59 Å². The van der Waals surface area contributed by atoms with Crippen LogP contribution < -0.4 is 21.1 Å². The van der Waals surface area contributed by atoms with Gasteiger partial charge in [0.15, 0.2) is 0 Å². The van der Waals surface area contributed by atoms with Gasteiger partial charge in [0.2, 0.25) is 5.88 Å². The molecule has 9 heteroatoms. The number of methoxy groups -OCH3 is 1. The number of amides is 2. The van der Waals surface area contributed by atoms with Crippen LogP contribution >= 0.6 is 15.9 Å². The molecule has 2 amide bonds. The maximum atomic E-state index is 11.4. The summed E-state index contributed by atoms with van der Waals surface area (Å²) in [6.07, 6.45) is 2.17. The van der Waals surface area contributed by atoms with Gasteiger partial charge in [-0.25, -0.2) is 4.79 Å². The Bertz CT molecular complexity index is 603. The van der Waals surface area contributed by atoms with Crippen LogP contribution in [0.2, 0.25) is 0 Å². The van der Waals surface area contributed by atoms with Crippen LogP contribution in [0.5, 0.6) is 5.88 Å². The van der Waals surface area contributed by atoms with Gasteiger partial charge in [0.05, 0.1) is 11.6 Å². The first-order chi connectivity index (χ1) is 10.9. The minimum absolute atomic E-state index is 0.00581. The van der Waals surface area contributed by atoms with Crippen LogP contribution in [0.25, 0.3) is 0 Å². The molecule has 1 aromatic rings. The zero-order valence-corrected chi connectivity index (χ0v) is 14.2. The number of halogens is 1. The molecule has 1 aromatic heterocycles. The lowest BCUT2D eigenvalue weighted by molar-refractivity contribution is 0.0996. The molecule has 1 aliphatic rings. The van der Waals surface area contributed by atoms with Gasteiger partial charge >= 0.3 is 6.09 Å². The Hall–Kier alpha value is -2.03. The largest absolute Gasteiger partial charge is 0.480 e. The second-order valence-corrected chi connectivity index (χ2v) is 6.24. The Morgan fingerprint density at radius 2 is 1.96 bits per heavy atom. The first kappa shape index (κ1) is 17.3. The van der Waals surface area contributed by atoms with E-state index >= 15 is 0 Å². The van der Waals surface area contributed by atoms with Gasteiger partial charge in [-0.1, -0.05) is 0 Å². The highest BCUT2D eigenvalue weighted by molar-refractivity contribution is 9.10. The van der Waals surface area contributed by atoms with Crippen LogP contribution in [0, 0.1) is 0 Å². The number of anilines is 1. The molecule has 0 spiro atoms. The summed E-state index contributed by atoms with van der Waals surface area (Å²) in [5.41, 5.74) is 5.50. The van der Waals surface area contributed by atoms with Crippen LogP contribution in [0.15, 0.2) is 10.5 Å². The number of ether oxygens (including phenoxy) is 1. The SMILES string of the molecule is COc1nc(N[C@H]2CC[C@H](NC(=O)O)CC2)c(Br)cc1C(N)=O. The van der Waals surface area contributed by atoms with Gasteiger partial charge in [-0.3, -0.25) is 4.79 Å². The minimum atomic E-state index is -0.988. The van der Waals surface area contributed by atoms with E-state index < -0.39 is 12.0 Å². The lowest BCUT2D eigenvalue weighted by Crippen LogP contribution is -2.39. The third-order valence-corrected chi connectivity index (χ3v) is 4.40. The molecule has 2 rings (SSSR count). The van der Waals surface area contributed by atoms with Crippen LogP contribution in [-0.4, -0.2) is 41.3 Å². The molecule has 5 N–H and O–H groups in total. The van der Waals surface area contributed by atoms with E-state index in [1.54, 1.807) is 6.07 Å². The molecular formula is C14H19BrN4O4. The van der Waals surface area contributed by atoms with E-state index in [1.165, 1.54) is 7.11 Å². The second-order valence-electron chi connectivity index (χ2n) is 5.38. The predicted octanol–water partition coefficient (Wildman–Crippen LogP) is 1.94. The third-order valence-electron chi connectivity index (χ3n) is 3.80. The second kappa shape index (κ2) is 7.49. The standard InChI is InChI=1S/C14H19BrN4O4/c1-23-13-9(11(16)20)6-10(15)12(19-13)17-7-2-4-8(5-3-7)18-14(21)22/h6-8,18H,2-5H2,1H3,(H2,16,20)(H,17,19)(H,21,22)/t7-,8-. The molecule has 0 aromatic carbocycles. The number of hydrogen-bond acceptors (Lipinski definition) is 5. The van der Waals surface area contributed by atoms with Crippen LogP contribution in [0.1, 0.15) is 36.0 Å². The summed E-state index contributed by atoms with van der Waals surface area (Å²) in [5.74, 6) is 0.132. The fourth-order valence-electron chi connectivity index (χ4n) is 2.66. The summed E-state index contributed by atoms with van der Waals surface area (Å²) in [6.45, 7) is 0. The molecule has 1 heterocycles. The molecule has 0 radical (unpaired) electrons. The van der Waals surface area contributed by atoms with Crippen molar-refractivity contribution in [3.63, 3.8) is 0 Å². The fraction of sp³-hybridized carbons (Fsp3) is 0.500. The number of pyridine rings is 1. The Balaban J connectivity index is 2.04. The predicted molar refractivity (Wildman–Crippen MR) is 87.8 cm³/mol. The Morgan fingerprint density at radius 3 is 2.48 bits per heavy atom. The molecule has 0 saturated heterocycles. The average molecular weight is 387 g/mol. The number of rotatable bonds is 5. The van der Waals surface area contributed by atoms with Gasteiger partial charge < -0.3 is 26.2 Å². The van der Waals surface area contributed by atoms with E-state index in [0.29, 0.717) is 10.3 Å². The first-order valence-corrected chi connectivity index (χ1v) is 8.00. The summed E-state index contributed by atoms with van der Waals surface area (Å²) in [7, 11) is 1.43. The molecule has 0 atom stereocenters. The Morgan fingerprint density at radius 1 is 1.35 bits per heavy atom. The van der Waals surface area contributed by atoms with Crippen molar-refractivity contribution in [3.05, 3.63) is 16.1 Å². The monoisotopic (exact) mass is 386 g/mol. The first-order valence-electron chi connectivity index (χ1n) is 7.21. The highest BCUT2D eigenvalue weighted by Gasteiger charge is 2.24. The van der Waals surface area contributed by atoms with E-state index in [0.717, 1.165) is 25.7 Å². The van der Waals surface area contributed by atoms with Crippen molar-refractivity contribution in [1.82, 2.24) is 10.3 Å². The lowest BCUT2D eigenvalue weighted by atomic mass is 9.91. The number of nitrogens with one attached hydrogen (secondary N) is 2. The molecule has 8 nitrogen and oxygen atoms in total. The number of carboxylic acid groups (broad SMARTS) is 1. The van der Waals surface area contributed by atoms with Crippen molar-refractivity contribution in [3.8, 4) is 5.88 Å². The average Bonchev–Trinajstić information content (AvgIpc) is 2.50. The number of hydrogen-bond donors (Lipinski definition) is 4. The molecule has 23 heavy (non-hydrogen) atoms. The van der Waals surface area contributed by atoms with Crippen LogP contribution in [0.4, 0.5) is 10.6 Å². The maximum Gasteiger partial charge on any atom is 0.404 e. The van der Waals surface area contributed by atoms with Crippen molar-refractivity contribution in [1.29, 1.82) is 0 Å². The summed E-state index contributed by atoms with van der Waals surface area (Å²) in [5, 5.41) is 14.5. The number of nitrogens with zero attached hydrogens (tertiary/aromatic N) is 1. The van der Waals surface area contributed by atoms with Gasteiger partial charge in [0.1, 0.15) is 11.4 Å². The van der Waals surface area contributed by atoms with Crippen LogP contribution in [0.3, 0.4) is 0 Å². The van der Waals surface area contributed by atoms with Crippen molar-refractivity contribution in [2.45, 2.75) is 37.8 Å². The van der Waals surface area contributed by atoms with Gasteiger partial charge in [-0.15, -0.1) is 0 Å². The molecular weight excluding hydrogens is 368 g/mol. The summed E-state index contributed by atoms with van der Waals surface area (Å²) >= 11 is 3.37. The van der Waals surface area contributed by atoms with Crippen molar-refractivity contribution >= 4 is 33.7 Å². The lowest BCUT2D eigenvalue weighted by Gasteiger charge is -2.29. The zero-order chi connectivity index (χ0) is 17.0. The Labute approximate surface area is 141 Å². The fourth-order valence-corrected chi connectivity index (χ4v) is 3.09.